The summed E-state index contributed by atoms with van der Waals surface area (Å²) in [7, 11) is 0. The summed E-state index contributed by atoms with van der Waals surface area (Å²) in [5.74, 6) is 0.512. The highest BCUT2D eigenvalue weighted by Crippen LogP contribution is 2.29. The number of ether oxygens (including phenoxy) is 1. The lowest BCUT2D eigenvalue weighted by Gasteiger charge is -2.31. The van der Waals surface area contributed by atoms with Crippen molar-refractivity contribution in [3.8, 4) is 0 Å². The van der Waals surface area contributed by atoms with Gasteiger partial charge in [-0.25, -0.2) is 0 Å². The Labute approximate surface area is 109 Å². The molecule has 0 saturated heterocycles. The molecular weight excluding hydrogens is 230 g/mol. The molecule has 98 valence electrons. The van der Waals surface area contributed by atoms with Crippen molar-refractivity contribution in [3.63, 3.8) is 0 Å². The summed E-state index contributed by atoms with van der Waals surface area (Å²) in [6.07, 6.45) is 0.244. The van der Waals surface area contributed by atoms with E-state index in [0.29, 0.717) is 12.0 Å². The second-order valence-corrected chi connectivity index (χ2v) is 5.75. The fourth-order valence-corrected chi connectivity index (χ4v) is 2.96. The number of nitrogens with one attached hydrogen (secondary N) is 1. The van der Waals surface area contributed by atoms with E-state index in [9.17, 15) is 0 Å². The van der Waals surface area contributed by atoms with Crippen molar-refractivity contribution in [2.45, 2.75) is 46.8 Å². The van der Waals surface area contributed by atoms with E-state index in [1.807, 2.05) is 11.3 Å². The zero-order valence-electron chi connectivity index (χ0n) is 11.6. The fourth-order valence-electron chi connectivity index (χ4n) is 2.21. The second kappa shape index (κ2) is 7.14. The molecule has 1 rings (SSSR count). The van der Waals surface area contributed by atoms with Gasteiger partial charge in [0.1, 0.15) is 0 Å². The average molecular weight is 255 g/mol. The summed E-state index contributed by atoms with van der Waals surface area (Å²) in [5.41, 5.74) is 1.39. The monoisotopic (exact) mass is 255 g/mol. The standard InChI is InChI=1S/C14H25NOS/c1-6-15-13(12-8-9-17-11(12)5)14(10(3)4)16-7-2/h8-10,13-15H,6-7H2,1-5H3. The first-order chi connectivity index (χ1) is 8.11. The molecule has 1 N–H and O–H groups in total. The number of thiophene rings is 1. The smallest absolute Gasteiger partial charge is 0.0792 e. The van der Waals surface area contributed by atoms with Gasteiger partial charge in [-0.3, -0.25) is 0 Å². The predicted octanol–water partition coefficient (Wildman–Crippen LogP) is 3.77. The lowest BCUT2D eigenvalue weighted by Crippen LogP contribution is -2.37. The van der Waals surface area contributed by atoms with Crippen LogP contribution in [0.2, 0.25) is 0 Å². The van der Waals surface area contributed by atoms with Crippen LogP contribution in [0.5, 0.6) is 0 Å². The van der Waals surface area contributed by atoms with Crippen LogP contribution in [0.15, 0.2) is 11.4 Å². The van der Waals surface area contributed by atoms with Crippen LogP contribution in [0.1, 0.15) is 44.2 Å². The Bertz CT molecular complexity index is 322. The maximum absolute atomic E-state index is 5.94. The topological polar surface area (TPSA) is 21.3 Å². The largest absolute Gasteiger partial charge is 0.376 e. The molecule has 0 aliphatic carbocycles. The highest BCUT2D eigenvalue weighted by Gasteiger charge is 2.27. The van der Waals surface area contributed by atoms with Crippen molar-refractivity contribution in [1.29, 1.82) is 0 Å². The van der Waals surface area contributed by atoms with Gasteiger partial charge in [-0.1, -0.05) is 20.8 Å². The van der Waals surface area contributed by atoms with Gasteiger partial charge in [0.15, 0.2) is 0 Å². The van der Waals surface area contributed by atoms with E-state index in [0.717, 1.165) is 13.2 Å². The van der Waals surface area contributed by atoms with E-state index in [-0.39, 0.29) is 6.10 Å². The minimum Gasteiger partial charge on any atom is -0.376 e. The molecule has 0 saturated carbocycles. The summed E-state index contributed by atoms with van der Waals surface area (Å²) in [4.78, 5) is 1.39. The van der Waals surface area contributed by atoms with Crippen molar-refractivity contribution in [2.75, 3.05) is 13.2 Å². The SMILES string of the molecule is CCNC(c1ccsc1C)C(OCC)C(C)C. The van der Waals surface area contributed by atoms with Gasteiger partial charge in [0.25, 0.3) is 0 Å². The van der Waals surface area contributed by atoms with Crippen LogP contribution < -0.4 is 5.32 Å². The molecule has 1 aromatic heterocycles. The van der Waals surface area contributed by atoms with Crippen molar-refractivity contribution in [3.05, 3.63) is 21.9 Å². The first-order valence-corrected chi connectivity index (χ1v) is 7.38. The van der Waals surface area contributed by atoms with Crippen molar-refractivity contribution < 1.29 is 4.74 Å². The minimum atomic E-state index is 0.244. The molecule has 1 aromatic rings. The summed E-state index contributed by atoms with van der Waals surface area (Å²) in [5, 5.41) is 5.74. The molecule has 2 unspecified atom stereocenters. The van der Waals surface area contributed by atoms with Gasteiger partial charge in [0.05, 0.1) is 12.1 Å². The normalized spacial score (nSPS) is 15.2. The Hall–Kier alpha value is -0.380. The van der Waals surface area contributed by atoms with E-state index in [1.54, 1.807) is 0 Å². The van der Waals surface area contributed by atoms with E-state index in [1.165, 1.54) is 10.4 Å². The first kappa shape index (κ1) is 14.7. The third kappa shape index (κ3) is 3.80. The molecule has 2 atom stereocenters. The van der Waals surface area contributed by atoms with Crippen molar-refractivity contribution >= 4 is 11.3 Å². The van der Waals surface area contributed by atoms with Gasteiger partial charge in [-0.15, -0.1) is 11.3 Å². The Morgan fingerprint density at radius 2 is 2.06 bits per heavy atom. The molecule has 0 aromatic carbocycles. The molecule has 0 spiro atoms. The zero-order chi connectivity index (χ0) is 12.8. The fraction of sp³-hybridized carbons (Fsp3) is 0.714. The third-order valence-corrected chi connectivity index (χ3v) is 3.86. The lowest BCUT2D eigenvalue weighted by atomic mass is 9.93. The van der Waals surface area contributed by atoms with E-state index < -0.39 is 0 Å². The molecule has 0 amide bonds. The van der Waals surface area contributed by atoms with Crippen LogP contribution in [0.4, 0.5) is 0 Å². The number of rotatable bonds is 7. The molecule has 2 nitrogen and oxygen atoms in total. The van der Waals surface area contributed by atoms with Gasteiger partial charge in [-0.2, -0.15) is 0 Å². The molecule has 3 heteroatoms. The number of aryl methyl sites for hydroxylation is 1. The van der Waals surface area contributed by atoms with Gasteiger partial charge in [0.2, 0.25) is 0 Å². The minimum absolute atomic E-state index is 0.244. The van der Waals surface area contributed by atoms with Gasteiger partial charge in [-0.05, 0) is 43.3 Å². The summed E-state index contributed by atoms with van der Waals surface area (Å²) >= 11 is 1.81. The van der Waals surface area contributed by atoms with Crippen molar-refractivity contribution in [2.24, 2.45) is 5.92 Å². The van der Waals surface area contributed by atoms with Gasteiger partial charge < -0.3 is 10.1 Å². The lowest BCUT2D eigenvalue weighted by molar-refractivity contribution is 0.00314. The molecule has 0 fully saturated rings. The van der Waals surface area contributed by atoms with Crippen LogP contribution in [-0.2, 0) is 4.74 Å². The predicted molar refractivity (Wildman–Crippen MR) is 75.7 cm³/mol. The third-order valence-electron chi connectivity index (χ3n) is 3.00. The van der Waals surface area contributed by atoms with Crippen LogP contribution in [0.25, 0.3) is 0 Å². The van der Waals surface area contributed by atoms with Crippen LogP contribution in [-0.4, -0.2) is 19.3 Å². The molecule has 17 heavy (non-hydrogen) atoms. The Balaban J connectivity index is 2.93. The molecule has 0 aliphatic rings. The van der Waals surface area contributed by atoms with E-state index in [2.05, 4.69) is 51.4 Å². The Kier molecular flexibility index (Phi) is 6.17. The Morgan fingerprint density at radius 1 is 1.35 bits per heavy atom. The molecule has 1 heterocycles. The maximum Gasteiger partial charge on any atom is 0.0792 e. The van der Waals surface area contributed by atoms with Gasteiger partial charge >= 0.3 is 0 Å². The highest BCUT2D eigenvalue weighted by atomic mass is 32.1. The van der Waals surface area contributed by atoms with E-state index >= 15 is 0 Å². The number of likely N-dealkylation sites (N-methyl/N-ethyl adjacent to an activating group) is 1. The number of hydrogen-bond donors (Lipinski definition) is 1. The second-order valence-electron chi connectivity index (χ2n) is 4.63. The highest BCUT2D eigenvalue weighted by molar-refractivity contribution is 7.10. The van der Waals surface area contributed by atoms with Crippen LogP contribution >= 0.6 is 11.3 Å². The zero-order valence-corrected chi connectivity index (χ0v) is 12.4. The molecule has 0 aliphatic heterocycles. The number of hydrogen-bond acceptors (Lipinski definition) is 3. The van der Waals surface area contributed by atoms with E-state index in [4.69, 9.17) is 4.74 Å². The molecule has 0 radical (unpaired) electrons. The molecular formula is C14H25NOS. The summed E-state index contributed by atoms with van der Waals surface area (Å²) in [6.45, 7) is 12.6. The Morgan fingerprint density at radius 3 is 2.47 bits per heavy atom. The maximum atomic E-state index is 5.94. The first-order valence-electron chi connectivity index (χ1n) is 6.50. The summed E-state index contributed by atoms with van der Waals surface area (Å²) in [6, 6.07) is 2.54. The van der Waals surface area contributed by atoms with Gasteiger partial charge in [0, 0.05) is 11.5 Å². The quantitative estimate of drug-likeness (QED) is 0.801. The van der Waals surface area contributed by atoms with Crippen LogP contribution in [0, 0.1) is 12.8 Å². The average Bonchev–Trinajstić information content (AvgIpc) is 2.69. The van der Waals surface area contributed by atoms with Crippen LogP contribution in [0.3, 0.4) is 0 Å². The van der Waals surface area contributed by atoms with Crippen molar-refractivity contribution in [1.82, 2.24) is 5.32 Å². The molecule has 0 bridgehead atoms. The summed E-state index contributed by atoms with van der Waals surface area (Å²) < 4.78 is 5.94.